The fraction of sp³-hybridized carbons (Fsp3) is 0.933. The smallest absolute Gasteiger partial charge is 0.222 e. The molecule has 4 atom stereocenters. The molecule has 4 nitrogen and oxygen atoms in total. The molecule has 0 aromatic heterocycles. The second-order valence-corrected chi connectivity index (χ2v) is 9.31. The van der Waals surface area contributed by atoms with Crippen molar-refractivity contribution in [3.05, 3.63) is 0 Å². The van der Waals surface area contributed by atoms with Crippen LogP contribution in [0.3, 0.4) is 0 Å². The van der Waals surface area contributed by atoms with Crippen LogP contribution in [-0.4, -0.2) is 43.8 Å². The largest absolute Gasteiger partial charge is 0.341 e. The lowest BCUT2D eigenvalue weighted by molar-refractivity contribution is -0.132. The first-order valence-corrected chi connectivity index (χ1v) is 9.87. The summed E-state index contributed by atoms with van der Waals surface area (Å²) in [5.41, 5.74) is 0. The van der Waals surface area contributed by atoms with Crippen LogP contribution in [0.15, 0.2) is 0 Å². The SMILES string of the molecule is CS(=O)(=O)C1CCCCN(C(=O)CC2CCC3CC23)C1. The van der Waals surface area contributed by atoms with Crippen molar-refractivity contribution in [2.45, 2.75) is 50.2 Å². The van der Waals surface area contributed by atoms with E-state index in [1.165, 1.54) is 25.5 Å². The lowest BCUT2D eigenvalue weighted by Crippen LogP contribution is -2.39. The molecule has 0 N–H and O–H groups in total. The molecule has 3 aliphatic rings. The predicted molar refractivity (Wildman–Crippen MR) is 78.0 cm³/mol. The topological polar surface area (TPSA) is 54.5 Å². The quantitative estimate of drug-likeness (QED) is 0.799. The van der Waals surface area contributed by atoms with Gasteiger partial charge < -0.3 is 4.90 Å². The van der Waals surface area contributed by atoms with E-state index in [9.17, 15) is 13.2 Å². The number of fused-ring (bicyclic) bond motifs is 1. The van der Waals surface area contributed by atoms with E-state index in [0.717, 1.165) is 31.2 Å². The van der Waals surface area contributed by atoms with Gasteiger partial charge in [0, 0.05) is 25.8 Å². The third-order valence-corrected chi connectivity index (χ3v) is 7.11. The molecule has 1 aliphatic heterocycles. The lowest BCUT2D eigenvalue weighted by Gasteiger charge is -2.25. The van der Waals surface area contributed by atoms with E-state index in [1.54, 1.807) is 0 Å². The number of carbonyl (C=O) groups is 1. The molecule has 1 amide bonds. The Kier molecular flexibility index (Phi) is 3.82. The molecule has 4 unspecified atom stereocenters. The van der Waals surface area contributed by atoms with Crippen molar-refractivity contribution in [1.82, 2.24) is 4.90 Å². The summed E-state index contributed by atoms with van der Waals surface area (Å²) in [6.07, 6.45) is 8.33. The zero-order chi connectivity index (χ0) is 14.3. The van der Waals surface area contributed by atoms with E-state index in [0.29, 0.717) is 25.3 Å². The summed E-state index contributed by atoms with van der Waals surface area (Å²) in [6.45, 7) is 1.16. The lowest BCUT2D eigenvalue weighted by atomic mass is 9.99. The van der Waals surface area contributed by atoms with Gasteiger partial charge in [0.2, 0.25) is 5.91 Å². The molecular weight excluding hydrogens is 274 g/mol. The van der Waals surface area contributed by atoms with E-state index in [1.807, 2.05) is 4.90 Å². The highest BCUT2D eigenvalue weighted by Gasteiger charge is 2.48. The Morgan fingerprint density at radius 3 is 2.60 bits per heavy atom. The van der Waals surface area contributed by atoms with E-state index in [4.69, 9.17) is 0 Å². The second-order valence-electron chi connectivity index (χ2n) is 6.99. The van der Waals surface area contributed by atoms with Crippen molar-refractivity contribution in [3.8, 4) is 0 Å². The minimum Gasteiger partial charge on any atom is -0.341 e. The molecule has 1 saturated heterocycles. The summed E-state index contributed by atoms with van der Waals surface area (Å²) in [7, 11) is -3.04. The second kappa shape index (κ2) is 5.32. The van der Waals surface area contributed by atoms with Crippen molar-refractivity contribution in [3.63, 3.8) is 0 Å². The van der Waals surface area contributed by atoms with Crippen LogP contribution in [0, 0.1) is 17.8 Å². The van der Waals surface area contributed by atoms with Gasteiger partial charge in [-0.3, -0.25) is 4.79 Å². The highest BCUT2D eigenvalue weighted by atomic mass is 32.2. The Morgan fingerprint density at radius 1 is 1.20 bits per heavy atom. The van der Waals surface area contributed by atoms with Crippen LogP contribution in [0.5, 0.6) is 0 Å². The molecule has 2 aliphatic carbocycles. The molecule has 0 aromatic rings. The molecule has 3 fully saturated rings. The fourth-order valence-electron chi connectivity index (χ4n) is 4.11. The zero-order valence-corrected chi connectivity index (χ0v) is 13.1. The summed E-state index contributed by atoms with van der Waals surface area (Å²) >= 11 is 0. The van der Waals surface area contributed by atoms with Crippen LogP contribution in [0.25, 0.3) is 0 Å². The van der Waals surface area contributed by atoms with Gasteiger partial charge in [0.05, 0.1) is 5.25 Å². The molecule has 5 heteroatoms. The monoisotopic (exact) mass is 299 g/mol. The Bertz CT molecular complexity index is 487. The van der Waals surface area contributed by atoms with Crippen molar-refractivity contribution in [1.29, 1.82) is 0 Å². The Labute approximate surface area is 121 Å². The first-order valence-electron chi connectivity index (χ1n) is 7.92. The van der Waals surface area contributed by atoms with Gasteiger partial charge in [-0.25, -0.2) is 8.42 Å². The number of carbonyl (C=O) groups excluding carboxylic acids is 1. The van der Waals surface area contributed by atoms with Gasteiger partial charge in [0.15, 0.2) is 9.84 Å². The summed E-state index contributed by atoms with van der Waals surface area (Å²) in [5, 5.41) is -0.355. The minimum atomic E-state index is -3.04. The van der Waals surface area contributed by atoms with Gasteiger partial charge in [-0.1, -0.05) is 6.42 Å². The summed E-state index contributed by atoms with van der Waals surface area (Å²) in [6, 6.07) is 0. The molecule has 0 spiro atoms. The van der Waals surface area contributed by atoms with Crippen LogP contribution >= 0.6 is 0 Å². The predicted octanol–water partition coefficient (Wildman–Crippen LogP) is 1.85. The average molecular weight is 299 g/mol. The summed E-state index contributed by atoms with van der Waals surface area (Å²) < 4.78 is 23.5. The minimum absolute atomic E-state index is 0.193. The number of hydrogen-bond donors (Lipinski definition) is 0. The van der Waals surface area contributed by atoms with Gasteiger partial charge in [0.1, 0.15) is 0 Å². The number of hydrogen-bond acceptors (Lipinski definition) is 3. The molecular formula is C15H25NO3S. The Hall–Kier alpha value is -0.580. The van der Waals surface area contributed by atoms with Crippen LogP contribution in [0.2, 0.25) is 0 Å². The highest BCUT2D eigenvalue weighted by molar-refractivity contribution is 7.91. The normalized spacial score (nSPS) is 37.4. The van der Waals surface area contributed by atoms with Gasteiger partial charge in [-0.05, 0) is 49.9 Å². The van der Waals surface area contributed by atoms with Crippen LogP contribution in [-0.2, 0) is 14.6 Å². The zero-order valence-electron chi connectivity index (χ0n) is 12.3. The van der Waals surface area contributed by atoms with Crippen molar-refractivity contribution in [2.24, 2.45) is 17.8 Å². The maximum Gasteiger partial charge on any atom is 0.222 e. The van der Waals surface area contributed by atoms with E-state index < -0.39 is 9.84 Å². The standard InChI is InChI=1S/C15H25NO3S/c1-20(18,19)13-4-2-3-7-16(10-13)15(17)9-12-6-5-11-8-14(11)12/h11-14H,2-10H2,1H3. The van der Waals surface area contributed by atoms with E-state index >= 15 is 0 Å². The first kappa shape index (κ1) is 14.4. The van der Waals surface area contributed by atoms with Crippen molar-refractivity contribution >= 4 is 15.7 Å². The average Bonchev–Trinajstić information content (AvgIpc) is 3.11. The summed E-state index contributed by atoms with van der Waals surface area (Å²) in [5.74, 6) is 2.47. The molecule has 20 heavy (non-hydrogen) atoms. The third kappa shape index (κ3) is 3.02. The molecule has 114 valence electrons. The number of rotatable bonds is 3. The number of sulfone groups is 1. The molecule has 2 saturated carbocycles. The van der Waals surface area contributed by atoms with Gasteiger partial charge in [-0.15, -0.1) is 0 Å². The molecule has 0 bridgehead atoms. The third-order valence-electron chi connectivity index (χ3n) is 5.51. The maximum atomic E-state index is 12.5. The number of amides is 1. The van der Waals surface area contributed by atoms with Crippen molar-refractivity contribution in [2.75, 3.05) is 19.3 Å². The van der Waals surface area contributed by atoms with Crippen LogP contribution in [0.4, 0.5) is 0 Å². The summed E-state index contributed by atoms with van der Waals surface area (Å²) in [4.78, 5) is 14.3. The van der Waals surface area contributed by atoms with Gasteiger partial charge >= 0.3 is 0 Å². The van der Waals surface area contributed by atoms with E-state index in [2.05, 4.69) is 0 Å². The molecule has 0 aromatic carbocycles. The Morgan fingerprint density at radius 2 is 2.00 bits per heavy atom. The van der Waals surface area contributed by atoms with Gasteiger partial charge in [0.25, 0.3) is 0 Å². The Balaban J connectivity index is 1.60. The van der Waals surface area contributed by atoms with Crippen molar-refractivity contribution < 1.29 is 13.2 Å². The first-order chi connectivity index (χ1) is 9.45. The molecule has 1 heterocycles. The molecule has 3 rings (SSSR count). The van der Waals surface area contributed by atoms with Crippen LogP contribution in [0.1, 0.15) is 44.9 Å². The number of nitrogens with zero attached hydrogens (tertiary/aromatic N) is 1. The van der Waals surface area contributed by atoms with Gasteiger partial charge in [-0.2, -0.15) is 0 Å². The molecule has 0 radical (unpaired) electrons. The van der Waals surface area contributed by atoms with Crippen LogP contribution < -0.4 is 0 Å². The maximum absolute atomic E-state index is 12.5. The van der Waals surface area contributed by atoms with E-state index in [-0.39, 0.29) is 11.2 Å². The number of likely N-dealkylation sites (tertiary alicyclic amines) is 1. The fourth-order valence-corrected chi connectivity index (χ4v) is 5.15. The highest BCUT2D eigenvalue weighted by Crippen LogP contribution is 2.56.